The van der Waals surface area contributed by atoms with Gasteiger partial charge in [-0.2, -0.15) is 0 Å². The lowest BCUT2D eigenvalue weighted by atomic mass is 10.2. The predicted molar refractivity (Wildman–Crippen MR) is 101 cm³/mol. The molecule has 0 saturated carbocycles. The molecule has 7 heteroatoms. The Bertz CT molecular complexity index is 774. The number of thiazole rings is 1. The van der Waals surface area contributed by atoms with Gasteiger partial charge in [0.05, 0.1) is 12.1 Å². The second kappa shape index (κ2) is 7.82. The number of nitrogens with zero attached hydrogens (tertiary/aromatic N) is 3. The number of hydrogen-bond donors (Lipinski definition) is 1. The number of likely N-dealkylation sites (tertiary alicyclic amines) is 1. The molecule has 138 valence electrons. The molecule has 5 nitrogen and oxygen atoms in total. The summed E-state index contributed by atoms with van der Waals surface area (Å²) in [5, 5.41) is 6.03. The Hall–Kier alpha value is -1.83. The molecule has 1 N–H and O–H groups in total. The fraction of sp³-hybridized carbons (Fsp3) is 0.474. The van der Waals surface area contributed by atoms with Crippen LogP contribution in [0.5, 0.6) is 0 Å². The molecule has 2 fully saturated rings. The van der Waals surface area contributed by atoms with Gasteiger partial charge in [0.2, 0.25) is 5.91 Å². The van der Waals surface area contributed by atoms with E-state index >= 15 is 0 Å². The number of nitrogens with one attached hydrogen (secondary N) is 1. The van der Waals surface area contributed by atoms with Gasteiger partial charge in [-0.3, -0.25) is 9.69 Å². The standard InChI is InChI=1S/C19H23FN4OS/c20-15-3-1-2-14(10-15)19-22-16(13-26-19)11-18(25)24-7-4-17(12-24)23-8-5-21-6-9-23/h1-3,10,13,17,21H,4-9,11-12H2. The van der Waals surface area contributed by atoms with E-state index in [1.54, 1.807) is 6.07 Å². The Morgan fingerprint density at radius 3 is 2.96 bits per heavy atom. The lowest BCUT2D eigenvalue weighted by molar-refractivity contribution is -0.129. The summed E-state index contributed by atoms with van der Waals surface area (Å²) >= 11 is 1.46. The minimum absolute atomic E-state index is 0.138. The fourth-order valence-electron chi connectivity index (χ4n) is 3.72. The maximum Gasteiger partial charge on any atom is 0.228 e. The molecule has 2 aliphatic heterocycles. The van der Waals surface area contributed by atoms with Crippen LogP contribution in [0.15, 0.2) is 29.6 Å². The van der Waals surface area contributed by atoms with Crippen molar-refractivity contribution in [1.29, 1.82) is 0 Å². The molecule has 1 aromatic heterocycles. The summed E-state index contributed by atoms with van der Waals surface area (Å²) in [6, 6.07) is 6.90. The molecule has 1 unspecified atom stereocenters. The zero-order chi connectivity index (χ0) is 17.9. The highest BCUT2D eigenvalue weighted by atomic mass is 32.1. The van der Waals surface area contributed by atoms with Crippen molar-refractivity contribution in [2.24, 2.45) is 0 Å². The summed E-state index contributed by atoms with van der Waals surface area (Å²) in [6.45, 7) is 5.85. The lowest BCUT2D eigenvalue weighted by Crippen LogP contribution is -2.49. The largest absolute Gasteiger partial charge is 0.341 e. The number of aromatic nitrogens is 1. The van der Waals surface area contributed by atoms with Crippen molar-refractivity contribution in [2.75, 3.05) is 39.3 Å². The van der Waals surface area contributed by atoms with E-state index in [1.807, 2.05) is 16.3 Å². The first-order chi connectivity index (χ1) is 12.7. The number of halogens is 1. The molecule has 1 atom stereocenters. The maximum atomic E-state index is 13.4. The molecule has 4 rings (SSSR count). The van der Waals surface area contributed by atoms with Crippen LogP contribution >= 0.6 is 11.3 Å². The quantitative estimate of drug-likeness (QED) is 0.889. The topological polar surface area (TPSA) is 48.5 Å². The molecule has 3 heterocycles. The smallest absolute Gasteiger partial charge is 0.228 e. The fourth-order valence-corrected chi connectivity index (χ4v) is 4.54. The summed E-state index contributed by atoms with van der Waals surface area (Å²) in [7, 11) is 0. The first-order valence-corrected chi connectivity index (χ1v) is 10.00. The van der Waals surface area contributed by atoms with Gasteiger partial charge in [-0.05, 0) is 18.6 Å². The van der Waals surface area contributed by atoms with Crippen LogP contribution in [0.2, 0.25) is 0 Å². The first-order valence-electron chi connectivity index (χ1n) is 9.12. The highest BCUT2D eigenvalue weighted by Crippen LogP contribution is 2.25. The minimum Gasteiger partial charge on any atom is -0.341 e. The van der Waals surface area contributed by atoms with Crippen LogP contribution in [0, 0.1) is 5.82 Å². The molecule has 2 aliphatic rings. The number of carbonyl (C=O) groups is 1. The number of piperazine rings is 1. The van der Waals surface area contributed by atoms with E-state index < -0.39 is 0 Å². The van der Waals surface area contributed by atoms with Crippen molar-refractivity contribution in [2.45, 2.75) is 18.9 Å². The van der Waals surface area contributed by atoms with Gasteiger partial charge in [-0.1, -0.05) is 12.1 Å². The molecule has 2 saturated heterocycles. The average molecular weight is 374 g/mol. The van der Waals surface area contributed by atoms with Crippen molar-refractivity contribution in [3.05, 3.63) is 41.2 Å². The Morgan fingerprint density at radius 2 is 2.15 bits per heavy atom. The van der Waals surface area contributed by atoms with Crippen molar-refractivity contribution >= 4 is 17.2 Å². The molecular weight excluding hydrogens is 351 g/mol. The molecule has 0 bridgehead atoms. The average Bonchev–Trinajstić information content (AvgIpc) is 3.32. The van der Waals surface area contributed by atoms with E-state index in [0.29, 0.717) is 12.5 Å². The number of benzene rings is 1. The van der Waals surface area contributed by atoms with Gasteiger partial charge in [0, 0.05) is 56.3 Å². The van der Waals surface area contributed by atoms with E-state index in [2.05, 4.69) is 15.2 Å². The van der Waals surface area contributed by atoms with E-state index in [-0.39, 0.29) is 11.7 Å². The van der Waals surface area contributed by atoms with Crippen molar-refractivity contribution in [3.63, 3.8) is 0 Å². The number of rotatable bonds is 4. The van der Waals surface area contributed by atoms with Crippen LogP contribution in [0.1, 0.15) is 12.1 Å². The van der Waals surface area contributed by atoms with E-state index in [0.717, 1.165) is 62.0 Å². The molecule has 1 aromatic carbocycles. The zero-order valence-corrected chi connectivity index (χ0v) is 15.5. The van der Waals surface area contributed by atoms with Gasteiger partial charge in [0.15, 0.2) is 0 Å². The second-order valence-corrected chi connectivity index (χ2v) is 7.76. The summed E-state index contributed by atoms with van der Waals surface area (Å²) in [4.78, 5) is 21.6. The normalized spacial score (nSPS) is 21.3. The van der Waals surface area contributed by atoms with Gasteiger partial charge >= 0.3 is 0 Å². The monoisotopic (exact) mass is 374 g/mol. The van der Waals surface area contributed by atoms with Crippen LogP contribution in [-0.2, 0) is 11.2 Å². The Morgan fingerprint density at radius 1 is 1.31 bits per heavy atom. The van der Waals surface area contributed by atoms with Gasteiger partial charge in [0.25, 0.3) is 0 Å². The highest BCUT2D eigenvalue weighted by Gasteiger charge is 2.31. The number of carbonyl (C=O) groups excluding carboxylic acids is 1. The Labute approximate surface area is 156 Å². The predicted octanol–water partition coefficient (Wildman–Crippen LogP) is 2.00. The molecule has 0 aliphatic carbocycles. The van der Waals surface area contributed by atoms with Gasteiger partial charge in [0.1, 0.15) is 10.8 Å². The van der Waals surface area contributed by atoms with Gasteiger partial charge < -0.3 is 10.2 Å². The molecule has 0 spiro atoms. The number of hydrogen-bond acceptors (Lipinski definition) is 5. The van der Waals surface area contributed by atoms with Crippen molar-refractivity contribution in [1.82, 2.24) is 20.1 Å². The number of amides is 1. The maximum absolute atomic E-state index is 13.4. The minimum atomic E-state index is -0.272. The second-order valence-electron chi connectivity index (χ2n) is 6.90. The van der Waals surface area contributed by atoms with Crippen LogP contribution in [0.3, 0.4) is 0 Å². The van der Waals surface area contributed by atoms with Crippen LogP contribution in [-0.4, -0.2) is 66.0 Å². The Balaban J connectivity index is 1.35. The third-order valence-corrected chi connectivity index (χ3v) is 6.08. The van der Waals surface area contributed by atoms with Crippen LogP contribution < -0.4 is 5.32 Å². The molecule has 1 amide bonds. The SMILES string of the molecule is O=C(Cc1csc(-c2cccc(F)c2)n1)N1CCC(N2CCNCC2)C1. The summed E-state index contributed by atoms with van der Waals surface area (Å²) < 4.78 is 13.4. The Kier molecular flexibility index (Phi) is 5.28. The third-order valence-electron chi connectivity index (χ3n) is 5.14. The third kappa shape index (κ3) is 3.95. The van der Waals surface area contributed by atoms with Crippen molar-refractivity contribution in [3.8, 4) is 10.6 Å². The van der Waals surface area contributed by atoms with Crippen LogP contribution in [0.4, 0.5) is 4.39 Å². The van der Waals surface area contributed by atoms with E-state index in [1.165, 1.54) is 23.5 Å². The summed E-state index contributed by atoms with van der Waals surface area (Å²) in [6.07, 6.45) is 1.37. The van der Waals surface area contributed by atoms with Crippen LogP contribution in [0.25, 0.3) is 10.6 Å². The molecule has 26 heavy (non-hydrogen) atoms. The molecular formula is C19H23FN4OS. The lowest BCUT2D eigenvalue weighted by Gasteiger charge is -2.32. The van der Waals surface area contributed by atoms with Gasteiger partial charge in [-0.15, -0.1) is 11.3 Å². The highest BCUT2D eigenvalue weighted by molar-refractivity contribution is 7.13. The van der Waals surface area contributed by atoms with Crippen molar-refractivity contribution < 1.29 is 9.18 Å². The van der Waals surface area contributed by atoms with Gasteiger partial charge in [-0.25, -0.2) is 9.37 Å². The zero-order valence-electron chi connectivity index (χ0n) is 14.7. The first kappa shape index (κ1) is 17.6. The molecule has 2 aromatic rings. The molecule has 0 radical (unpaired) electrons. The summed E-state index contributed by atoms with van der Waals surface area (Å²) in [5.41, 5.74) is 1.53. The van der Waals surface area contributed by atoms with E-state index in [4.69, 9.17) is 0 Å². The van der Waals surface area contributed by atoms with E-state index in [9.17, 15) is 9.18 Å². The summed E-state index contributed by atoms with van der Waals surface area (Å²) in [5.74, 6) is -0.134.